The van der Waals surface area contributed by atoms with Crippen LogP contribution in [0.3, 0.4) is 0 Å². The summed E-state index contributed by atoms with van der Waals surface area (Å²) < 4.78 is 32.4. The summed E-state index contributed by atoms with van der Waals surface area (Å²) in [6.45, 7) is 4.32. The molecule has 1 aromatic heterocycles. The first kappa shape index (κ1) is 18.5. The van der Waals surface area contributed by atoms with Crippen LogP contribution in [0.4, 0.5) is 6.01 Å². The number of sulfonamides is 1. The molecule has 3 rings (SSSR count). The highest BCUT2D eigenvalue weighted by Crippen LogP contribution is 2.25. The quantitative estimate of drug-likeness (QED) is 0.857. The van der Waals surface area contributed by atoms with Crippen LogP contribution in [0.1, 0.15) is 49.4 Å². The number of amides is 1. The van der Waals surface area contributed by atoms with Crippen molar-refractivity contribution < 1.29 is 17.6 Å². The first-order valence-corrected chi connectivity index (χ1v) is 10.1. The zero-order chi connectivity index (χ0) is 18.7. The Bertz CT molecular complexity index is 876. The van der Waals surface area contributed by atoms with Gasteiger partial charge >= 0.3 is 6.01 Å². The van der Waals surface area contributed by atoms with Crippen molar-refractivity contribution in [2.45, 2.75) is 50.5 Å². The Morgan fingerprint density at radius 1 is 1.27 bits per heavy atom. The summed E-state index contributed by atoms with van der Waals surface area (Å²) in [5.41, 5.74) is 0.312. The van der Waals surface area contributed by atoms with E-state index in [2.05, 4.69) is 15.5 Å². The molecule has 0 bridgehead atoms. The maximum atomic E-state index is 12.8. The van der Waals surface area contributed by atoms with Gasteiger partial charge in [-0.3, -0.25) is 10.1 Å². The van der Waals surface area contributed by atoms with Gasteiger partial charge in [0.25, 0.3) is 5.91 Å². The molecule has 1 unspecified atom stereocenters. The number of nitrogens with one attached hydrogen (secondary N) is 1. The molecule has 1 fully saturated rings. The lowest BCUT2D eigenvalue weighted by Crippen LogP contribution is -2.41. The van der Waals surface area contributed by atoms with Crippen LogP contribution >= 0.6 is 0 Å². The highest BCUT2D eigenvalue weighted by Gasteiger charge is 2.30. The second-order valence-electron chi connectivity index (χ2n) is 6.29. The molecule has 2 aromatic rings. The van der Waals surface area contributed by atoms with Crippen LogP contribution in [-0.4, -0.2) is 41.4 Å². The zero-order valence-electron chi connectivity index (χ0n) is 14.8. The molecule has 1 aromatic carbocycles. The first-order chi connectivity index (χ1) is 12.4. The molecule has 0 saturated carbocycles. The fourth-order valence-electron chi connectivity index (χ4n) is 2.96. The number of carbonyl (C=O) groups is 1. The second kappa shape index (κ2) is 7.55. The average Bonchev–Trinajstić information content (AvgIpc) is 3.09. The molecule has 8 nitrogen and oxygen atoms in total. The zero-order valence-corrected chi connectivity index (χ0v) is 15.6. The normalized spacial score (nSPS) is 18.6. The Morgan fingerprint density at radius 2 is 2.00 bits per heavy atom. The number of aryl methyl sites for hydroxylation is 1. The molecule has 0 radical (unpaired) electrons. The van der Waals surface area contributed by atoms with E-state index in [0.717, 1.165) is 19.3 Å². The largest absolute Gasteiger partial charge is 0.408 e. The van der Waals surface area contributed by atoms with Gasteiger partial charge in [0.15, 0.2) is 0 Å². The summed E-state index contributed by atoms with van der Waals surface area (Å²) in [6.07, 6.45) is 3.35. The topological polar surface area (TPSA) is 105 Å². The summed E-state index contributed by atoms with van der Waals surface area (Å²) in [4.78, 5) is 12.4. The molecule has 1 saturated heterocycles. The molecular weight excluding hydrogens is 356 g/mol. The molecule has 1 aliphatic heterocycles. The summed E-state index contributed by atoms with van der Waals surface area (Å²) in [6, 6.07) is 5.88. The van der Waals surface area contributed by atoms with Crippen molar-refractivity contribution in [1.82, 2.24) is 14.5 Å². The highest BCUT2D eigenvalue weighted by molar-refractivity contribution is 7.89. The number of hydrogen-bond donors (Lipinski definition) is 1. The summed E-state index contributed by atoms with van der Waals surface area (Å²) >= 11 is 0. The smallest absolute Gasteiger partial charge is 0.322 e. The number of hydrogen-bond acceptors (Lipinski definition) is 6. The number of aromatic nitrogens is 2. The molecule has 1 aliphatic rings. The van der Waals surface area contributed by atoms with Crippen LogP contribution in [0.25, 0.3) is 0 Å². The number of rotatable bonds is 5. The van der Waals surface area contributed by atoms with Crippen LogP contribution < -0.4 is 5.32 Å². The minimum atomic E-state index is -3.55. The first-order valence-electron chi connectivity index (χ1n) is 8.67. The van der Waals surface area contributed by atoms with Gasteiger partial charge in [0.1, 0.15) is 0 Å². The van der Waals surface area contributed by atoms with Gasteiger partial charge in [-0.15, -0.1) is 5.10 Å². The van der Waals surface area contributed by atoms with Crippen molar-refractivity contribution in [2.24, 2.45) is 0 Å². The Labute approximate surface area is 152 Å². The number of nitrogens with zero attached hydrogens (tertiary/aromatic N) is 3. The van der Waals surface area contributed by atoms with E-state index in [9.17, 15) is 13.2 Å². The Morgan fingerprint density at radius 3 is 2.62 bits per heavy atom. The van der Waals surface area contributed by atoms with Crippen molar-refractivity contribution >= 4 is 21.9 Å². The van der Waals surface area contributed by atoms with Crippen molar-refractivity contribution in [1.29, 1.82) is 0 Å². The van der Waals surface area contributed by atoms with Crippen LogP contribution in [0.5, 0.6) is 0 Å². The summed E-state index contributed by atoms with van der Waals surface area (Å²) in [5, 5.41) is 10.0. The monoisotopic (exact) mass is 378 g/mol. The number of anilines is 1. The van der Waals surface area contributed by atoms with Crippen LogP contribution in [-0.2, 0) is 16.4 Å². The van der Waals surface area contributed by atoms with Crippen LogP contribution in [0.2, 0.25) is 0 Å². The van der Waals surface area contributed by atoms with Crippen LogP contribution in [0, 0.1) is 0 Å². The molecule has 1 N–H and O–H groups in total. The lowest BCUT2D eigenvalue weighted by Gasteiger charge is -2.32. The summed E-state index contributed by atoms with van der Waals surface area (Å²) in [5.74, 6) is -0.0102. The number of carbonyl (C=O) groups excluding carboxylic acids is 1. The molecule has 140 valence electrons. The van der Waals surface area contributed by atoms with Gasteiger partial charge in [0.2, 0.25) is 15.9 Å². The van der Waals surface area contributed by atoms with E-state index < -0.39 is 15.9 Å². The third kappa shape index (κ3) is 3.78. The molecule has 1 amide bonds. The SMILES string of the molecule is CCc1nnc(NC(=O)c2ccc(S(=O)(=O)N3CCCCC3C)cc2)o1. The third-order valence-electron chi connectivity index (χ3n) is 4.45. The van der Waals surface area contributed by atoms with E-state index in [1.807, 2.05) is 13.8 Å². The highest BCUT2D eigenvalue weighted by atomic mass is 32.2. The number of piperidine rings is 1. The van der Waals surface area contributed by atoms with Gasteiger partial charge in [-0.05, 0) is 44.0 Å². The van der Waals surface area contributed by atoms with Crippen molar-refractivity contribution in [3.63, 3.8) is 0 Å². The lowest BCUT2D eigenvalue weighted by molar-refractivity contribution is 0.102. The lowest BCUT2D eigenvalue weighted by atomic mass is 10.1. The Balaban J connectivity index is 1.74. The van der Waals surface area contributed by atoms with Gasteiger partial charge in [-0.2, -0.15) is 4.31 Å². The van der Waals surface area contributed by atoms with Gasteiger partial charge < -0.3 is 4.42 Å². The minimum absolute atomic E-state index is 0.0120. The third-order valence-corrected chi connectivity index (χ3v) is 6.48. The van der Waals surface area contributed by atoms with Crippen LogP contribution in [0.15, 0.2) is 33.6 Å². The molecule has 0 aliphatic carbocycles. The minimum Gasteiger partial charge on any atom is -0.408 e. The fourth-order valence-corrected chi connectivity index (χ4v) is 4.66. The fraction of sp³-hybridized carbons (Fsp3) is 0.471. The Hall–Kier alpha value is -2.26. The maximum absolute atomic E-state index is 12.8. The molecule has 9 heteroatoms. The molecular formula is C17H22N4O4S. The predicted molar refractivity (Wildman–Crippen MR) is 95.3 cm³/mol. The number of benzene rings is 1. The van der Waals surface area contributed by atoms with E-state index in [-0.39, 0.29) is 17.0 Å². The van der Waals surface area contributed by atoms with Gasteiger partial charge in [-0.25, -0.2) is 8.42 Å². The molecule has 26 heavy (non-hydrogen) atoms. The Kier molecular flexibility index (Phi) is 5.38. The van der Waals surface area contributed by atoms with Crippen molar-refractivity contribution in [3.05, 3.63) is 35.7 Å². The van der Waals surface area contributed by atoms with E-state index in [1.54, 1.807) is 0 Å². The summed E-state index contributed by atoms with van der Waals surface area (Å²) in [7, 11) is -3.55. The molecule has 1 atom stereocenters. The van der Waals surface area contributed by atoms with Gasteiger partial charge in [0, 0.05) is 24.6 Å². The van der Waals surface area contributed by atoms with E-state index >= 15 is 0 Å². The second-order valence-corrected chi connectivity index (χ2v) is 8.18. The molecule has 2 heterocycles. The van der Waals surface area contributed by atoms with E-state index in [4.69, 9.17) is 4.42 Å². The van der Waals surface area contributed by atoms with Crippen molar-refractivity contribution in [3.8, 4) is 0 Å². The average molecular weight is 378 g/mol. The predicted octanol–water partition coefficient (Wildman–Crippen LogP) is 2.45. The van der Waals surface area contributed by atoms with Gasteiger partial charge in [-0.1, -0.05) is 18.4 Å². The van der Waals surface area contributed by atoms with E-state index in [1.165, 1.54) is 28.6 Å². The van der Waals surface area contributed by atoms with Crippen molar-refractivity contribution in [2.75, 3.05) is 11.9 Å². The molecule has 0 spiro atoms. The standard InChI is InChI=1S/C17H22N4O4S/c1-3-15-19-20-17(25-15)18-16(22)13-7-9-14(10-8-13)26(23,24)21-11-5-4-6-12(21)2/h7-10,12H,3-6,11H2,1-2H3,(H,18,20,22). The maximum Gasteiger partial charge on any atom is 0.322 e. The van der Waals surface area contributed by atoms with Gasteiger partial charge in [0.05, 0.1) is 4.90 Å². The van der Waals surface area contributed by atoms with E-state index in [0.29, 0.717) is 24.4 Å².